The van der Waals surface area contributed by atoms with Crippen molar-refractivity contribution < 1.29 is 9.53 Å². The minimum atomic E-state index is 0.100. The van der Waals surface area contributed by atoms with E-state index in [1.54, 1.807) is 0 Å². The lowest BCUT2D eigenvalue weighted by molar-refractivity contribution is -0.126. The summed E-state index contributed by atoms with van der Waals surface area (Å²) < 4.78 is 5.62. The SMILES string of the molecule is O=C(NC1CCOc2ccccc21)C1CC=CCC1. The fourth-order valence-corrected chi connectivity index (χ4v) is 2.81. The van der Waals surface area contributed by atoms with Crippen molar-refractivity contribution in [1.29, 1.82) is 0 Å². The number of hydrogen-bond donors (Lipinski definition) is 1. The van der Waals surface area contributed by atoms with E-state index in [1.165, 1.54) is 0 Å². The second kappa shape index (κ2) is 5.47. The summed E-state index contributed by atoms with van der Waals surface area (Å²) in [6.07, 6.45) is 7.98. The number of carbonyl (C=O) groups excluding carboxylic acids is 1. The molecular formula is C16H19NO2. The van der Waals surface area contributed by atoms with Crippen LogP contribution in [0.3, 0.4) is 0 Å². The number of fused-ring (bicyclic) bond motifs is 1. The van der Waals surface area contributed by atoms with Crippen molar-refractivity contribution in [3.63, 3.8) is 0 Å². The number of rotatable bonds is 2. The predicted molar refractivity (Wildman–Crippen MR) is 73.9 cm³/mol. The largest absolute Gasteiger partial charge is 0.493 e. The van der Waals surface area contributed by atoms with E-state index in [9.17, 15) is 4.79 Å². The topological polar surface area (TPSA) is 38.3 Å². The van der Waals surface area contributed by atoms with Gasteiger partial charge in [0, 0.05) is 17.9 Å². The molecule has 3 heteroatoms. The van der Waals surface area contributed by atoms with Crippen molar-refractivity contribution in [2.24, 2.45) is 5.92 Å². The molecule has 2 unspecified atom stereocenters. The average Bonchev–Trinajstić information content (AvgIpc) is 2.48. The molecule has 0 spiro atoms. The van der Waals surface area contributed by atoms with E-state index >= 15 is 0 Å². The Morgan fingerprint density at radius 3 is 2.95 bits per heavy atom. The highest BCUT2D eigenvalue weighted by atomic mass is 16.5. The van der Waals surface area contributed by atoms with Crippen LogP contribution >= 0.6 is 0 Å². The normalized spacial score (nSPS) is 25.3. The monoisotopic (exact) mass is 257 g/mol. The molecule has 1 aromatic carbocycles. The summed E-state index contributed by atoms with van der Waals surface area (Å²) in [6, 6.07) is 8.07. The van der Waals surface area contributed by atoms with Crippen LogP contribution in [0.4, 0.5) is 0 Å². The van der Waals surface area contributed by atoms with Gasteiger partial charge in [-0.15, -0.1) is 0 Å². The van der Waals surface area contributed by atoms with Gasteiger partial charge in [0.05, 0.1) is 12.6 Å². The van der Waals surface area contributed by atoms with Gasteiger partial charge in [-0.2, -0.15) is 0 Å². The summed E-state index contributed by atoms with van der Waals surface area (Å²) in [6.45, 7) is 0.673. The van der Waals surface area contributed by atoms with Crippen molar-refractivity contribution in [3.8, 4) is 5.75 Å². The first-order valence-electron chi connectivity index (χ1n) is 7.01. The lowest BCUT2D eigenvalue weighted by Gasteiger charge is -2.28. The van der Waals surface area contributed by atoms with Gasteiger partial charge in [-0.1, -0.05) is 30.4 Å². The molecule has 0 aromatic heterocycles. The van der Waals surface area contributed by atoms with Crippen LogP contribution in [-0.4, -0.2) is 12.5 Å². The van der Waals surface area contributed by atoms with Crippen LogP contribution < -0.4 is 10.1 Å². The van der Waals surface area contributed by atoms with Gasteiger partial charge in [0.1, 0.15) is 5.75 Å². The average molecular weight is 257 g/mol. The quantitative estimate of drug-likeness (QED) is 0.827. The third-order valence-electron chi connectivity index (χ3n) is 3.91. The first-order valence-corrected chi connectivity index (χ1v) is 7.01. The maximum Gasteiger partial charge on any atom is 0.223 e. The Balaban J connectivity index is 1.70. The zero-order chi connectivity index (χ0) is 13.1. The van der Waals surface area contributed by atoms with Gasteiger partial charge in [-0.05, 0) is 25.3 Å². The molecule has 0 radical (unpaired) electrons. The van der Waals surface area contributed by atoms with Gasteiger partial charge in [-0.3, -0.25) is 4.79 Å². The molecule has 1 aliphatic carbocycles. The Morgan fingerprint density at radius 1 is 1.21 bits per heavy atom. The van der Waals surface area contributed by atoms with E-state index in [0.717, 1.165) is 37.0 Å². The van der Waals surface area contributed by atoms with Crippen molar-refractivity contribution in [2.45, 2.75) is 31.7 Å². The summed E-state index contributed by atoms with van der Waals surface area (Å²) >= 11 is 0. The van der Waals surface area contributed by atoms with Gasteiger partial charge >= 0.3 is 0 Å². The fourth-order valence-electron chi connectivity index (χ4n) is 2.81. The maximum atomic E-state index is 12.3. The van der Waals surface area contributed by atoms with Gasteiger partial charge in [-0.25, -0.2) is 0 Å². The molecule has 0 saturated heterocycles. The van der Waals surface area contributed by atoms with Gasteiger partial charge in [0.25, 0.3) is 0 Å². The number of hydrogen-bond acceptors (Lipinski definition) is 2. The minimum Gasteiger partial charge on any atom is -0.493 e. The zero-order valence-corrected chi connectivity index (χ0v) is 11.0. The predicted octanol–water partition coefficient (Wildman–Crippen LogP) is 2.98. The van der Waals surface area contributed by atoms with E-state index < -0.39 is 0 Å². The van der Waals surface area contributed by atoms with Crippen LogP contribution in [-0.2, 0) is 4.79 Å². The van der Waals surface area contributed by atoms with E-state index in [1.807, 2.05) is 24.3 Å². The number of benzene rings is 1. The minimum absolute atomic E-state index is 0.100. The van der Waals surface area contributed by atoms with Crippen LogP contribution in [0.1, 0.15) is 37.3 Å². The highest BCUT2D eigenvalue weighted by Crippen LogP contribution is 2.32. The van der Waals surface area contributed by atoms with Crippen LogP contribution in [0, 0.1) is 5.92 Å². The van der Waals surface area contributed by atoms with E-state index in [4.69, 9.17) is 4.74 Å². The molecular weight excluding hydrogens is 238 g/mol. The molecule has 19 heavy (non-hydrogen) atoms. The van der Waals surface area contributed by atoms with Gasteiger partial charge in [0.2, 0.25) is 5.91 Å². The summed E-state index contributed by atoms with van der Waals surface area (Å²) in [5, 5.41) is 3.19. The molecule has 1 aromatic rings. The number of carbonyl (C=O) groups is 1. The van der Waals surface area contributed by atoms with Crippen LogP contribution in [0.25, 0.3) is 0 Å². The summed E-state index contributed by atoms with van der Waals surface area (Å²) in [5.74, 6) is 1.23. The number of para-hydroxylation sites is 1. The Hall–Kier alpha value is -1.77. The second-order valence-corrected chi connectivity index (χ2v) is 5.22. The van der Waals surface area contributed by atoms with Crippen molar-refractivity contribution in [3.05, 3.63) is 42.0 Å². The van der Waals surface area contributed by atoms with Crippen LogP contribution in [0.5, 0.6) is 5.75 Å². The Kier molecular flexibility index (Phi) is 3.53. The molecule has 1 aliphatic heterocycles. The first-order chi connectivity index (χ1) is 9.34. The fraction of sp³-hybridized carbons (Fsp3) is 0.438. The van der Waals surface area contributed by atoms with E-state index in [-0.39, 0.29) is 17.9 Å². The molecule has 1 N–H and O–H groups in total. The highest BCUT2D eigenvalue weighted by Gasteiger charge is 2.26. The number of allylic oxidation sites excluding steroid dienone is 2. The Bertz CT molecular complexity index is 495. The van der Waals surface area contributed by atoms with Gasteiger partial charge in [0.15, 0.2) is 0 Å². The molecule has 0 bridgehead atoms. The Labute approximate surface area is 113 Å². The summed E-state index contributed by atoms with van der Waals surface area (Å²) in [5.41, 5.74) is 1.11. The molecule has 1 heterocycles. The highest BCUT2D eigenvalue weighted by molar-refractivity contribution is 5.79. The maximum absolute atomic E-state index is 12.3. The zero-order valence-electron chi connectivity index (χ0n) is 11.0. The van der Waals surface area contributed by atoms with Crippen molar-refractivity contribution in [1.82, 2.24) is 5.32 Å². The summed E-state index contributed by atoms with van der Waals surface area (Å²) in [4.78, 5) is 12.3. The van der Waals surface area contributed by atoms with Crippen LogP contribution in [0.2, 0.25) is 0 Å². The standard InChI is InChI=1S/C16H19NO2/c18-16(12-6-2-1-3-7-12)17-14-10-11-19-15-9-5-4-8-13(14)15/h1-2,4-5,8-9,12,14H,3,6-7,10-11H2,(H,17,18). The van der Waals surface area contributed by atoms with Gasteiger partial charge < -0.3 is 10.1 Å². The Morgan fingerprint density at radius 2 is 2.11 bits per heavy atom. The summed E-state index contributed by atoms with van der Waals surface area (Å²) in [7, 11) is 0. The molecule has 0 saturated carbocycles. The number of ether oxygens (including phenoxy) is 1. The third-order valence-corrected chi connectivity index (χ3v) is 3.91. The third kappa shape index (κ3) is 2.65. The molecule has 3 nitrogen and oxygen atoms in total. The lowest BCUT2D eigenvalue weighted by atomic mass is 9.92. The molecule has 100 valence electrons. The molecule has 2 atom stereocenters. The van der Waals surface area contributed by atoms with Crippen molar-refractivity contribution >= 4 is 5.91 Å². The molecule has 1 amide bonds. The first kappa shape index (κ1) is 12.3. The molecule has 2 aliphatic rings. The second-order valence-electron chi connectivity index (χ2n) is 5.22. The van der Waals surface area contributed by atoms with E-state index in [0.29, 0.717) is 6.61 Å². The number of amides is 1. The lowest BCUT2D eigenvalue weighted by Crippen LogP contribution is -2.36. The van der Waals surface area contributed by atoms with Crippen LogP contribution in [0.15, 0.2) is 36.4 Å². The molecule has 0 fully saturated rings. The van der Waals surface area contributed by atoms with E-state index in [2.05, 4.69) is 17.5 Å². The van der Waals surface area contributed by atoms with Crippen molar-refractivity contribution in [2.75, 3.05) is 6.61 Å². The number of nitrogens with one attached hydrogen (secondary N) is 1. The molecule has 3 rings (SSSR count). The smallest absolute Gasteiger partial charge is 0.223 e.